The molecular weight excluding hydrogens is 438 g/mol. The van der Waals surface area contributed by atoms with E-state index in [-0.39, 0.29) is 18.4 Å². The van der Waals surface area contributed by atoms with Gasteiger partial charge in [-0.2, -0.15) is 0 Å². The number of pyridine rings is 1. The SMILES string of the molecule is CN[C@H](Cc1ccccc1)C(=O)N[C@@H](Cc1cccc(Cl)c1)C(=O)NCc1ccc(N)nc1. The van der Waals surface area contributed by atoms with Gasteiger partial charge in [0.2, 0.25) is 11.8 Å². The van der Waals surface area contributed by atoms with Crippen LogP contribution in [-0.4, -0.2) is 35.9 Å². The lowest BCUT2D eigenvalue weighted by Gasteiger charge is -2.22. The van der Waals surface area contributed by atoms with Crippen molar-refractivity contribution in [2.45, 2.75) is 31.5 Å². The number of nitrogens with two attached hydrogens (primary N) is 1. The van der Waals surface area contributed by atoms with Gasteiger partial charge in [-0.25, -0.2) is 4.98 Å². The summed E-state index contributed by atoms with van der Waals surface area (Å²) < 4.78 is 0. The fourth-order valence-electron chi connectivity index (χ4n) is 3.41. The van der Waals surface area contributed by atoms with Gasteiger partial charge in [0.25, 0.3) is 0 Å². The number of rotatable bonds is 10. The zero-order valence-corrected chi connectivity index (χ0v) is 19.2. The number of likely N-dealkylation sites (N-methyl/N-ethyl adjacent to an activating group) is 1. The fraction of sp³-hybridized carbons (Fsp3) is 0.240. The number of anilines is 1. The average molecular weight is 466 g/mol. The van der Waals surface area contributed by atoms with Crippen LogP contribution < -0.4 is 21.7 Å². The second-order valence-corrected chi connectivity index (χ2v) is 8.17. The first-order valence-electron chi connectivity index (χ1n) is 10.7. The number of benzene rings is 2. The molecule has 5 N–H and O–H groups in total. The molecule has 0 aliphatic rings. The van der Waals surface area contributed by atoms with Gasteiger partial charge in [-0.1, -0.05) is 60.1 Å². The van der Waals surface area contributed by atoms with E-state index in [1.54, 1.807) is 37.5 Å². The van der Waals surface area contributed by atoms with Crippen molar-refractivity contribution in [3.8, 4) is 0 Å². The molecule has 7 nitrogen and oxygen atoms in total. The van der Waals surface area contributed by atoms with Crippen LogP contribution in [0.3, 0.4) is 0 Å². The van der Waals surface area contributed by atoms with Gasteiger partial charge in [0.1, 0.15) is 11.9 Å². The van der Waals surface area contributed by atoms with Crippen LogP contribution in [0.4, 0.5) is 5.82 Å². The molecule has 0 saturated carbocycles. The standard InChI is InChI=1S/C25H28ClN5O2/c1-28-21(13-17-6-3-2-4-7-17)25(33)31-22(14-18-8-5-9-20(26)12-18)24(32)30-16-19-10-11-23(27)29-15-19/h2-12,15,21-22,28H,13-14,16H2,1H3,(H2,27,29)(H,30,32)(H,31,33)/t21-,22+/m1/s1. The summed E-state index contributed by atoms with van der Waals surface area (Å²) in [5.74, 6) is -0.139. The molecule has 33 heavy (non-hydrogen) atoms. The summed E-state index contributed by atoms with van der Waals surface area (Å²) in [6.45, 7) is 0.271. The van der Waals surface area contributed by atoms with E-state index in [9.17, 15) is 9.59 Å². The van der Waals surface area contributed by atoms with Crippen LogP contribution in [0, 0.1) is 0 Å². The monoisotopic (exact) mass is 465 g/mol. The van der Waals surface area contributed by atoms with Crippen LogP contribution in [0.2, 0.25) is 5.02 Å². The molecule has 2 amide bonds. The zero-order valence-electron chi connectivity index (χ0n) is 18.4. The van der Waals surface area contributed by atoms with Crippen LogP contribution in [0.25, 0.3) is 0 Å². The van der Waals surface area contributed by atoms with Crippen molar-refractivity contribution < 1.29 is 9.59 Å². The maximum Gasteiger partial charge on any atom is 0.243 e. The van der Waals surface area contributed by atoms with Crippen molar-refractivity contribution in [3.63, 3.8) is 0 Å². The number of aromatic nitrogens is 1. The highest BCUT2D eigenvalue weighted by Gasteiger charge is 2.25. The quantitative estimate of drug-likeness (QED) is 0.368. The van der Waals surface area contributed by atoms with Gasteiger partial charge in [-0.3, -0.25) is 9.59 Å². The van der Waals surface area contributed by atoms with Crippen LogP contribution >= 0.6 is 11.6 Å². The Bertz CT molecular complexity index is 1060. The number of carbonyl (C=O) groups is 2. The van der Waals surface area contributed by atoms with Crippen molar-refractivity contribution in [3.05, 3.63) is 94.6 Å². The van der Waals surface area contributed by atoms with E-state index in [4.69, 9.17) is 17.3 Å². The van der Waals surface area contributed by atoms with Crippen LogP contribution in [0.1, 0.15) is 16.7 Å². The zero-order chi connectivity index (χ0) is 23.6. The van der Waals surface area contributed by atoms with E-state index in [0.29, 0.717) is 23.7 Å². The number of nitrogens with one attached hydrogen (secondary N) is 3. The number of nitrogens with zero attached hydrogens (tertiary/aromatic N) is 1. The molecule has 0 aliphatic carbocycles. The molecule has 1 aromatic heterocycles. The average Bonchev–Trinajstić information content (AvgIpc) is 2.82. The smallest absolute Gasteiger partial charge is 0.243 e. The molecule has 172 valence electrons. The lowest BCUT2D eigenvalue weighted by atomic mass is 10.0. The number of carbonyl (C=O) groups excluding carboxylic acids is 2. The van der Waals surface area contributed by atoms with Gasteiger partial charge in [0, 0.05) is 24.2 Å². The third-order valence-electron chi connectivity index (χ3n) is 5.22. The van der Waals surface area contributed by atoms with Crippen LogP contribution in [0.15, 0.2) is 72.9 Å². The van der Waals surface area contributed by atoms with Gasteiger partial charge >= 0.3 is 0 Å². The van der Waals surface area contributed by atoms with E-state index in [1.807, 2.05) is 42.5 Å². The Kier molecular flexibility index (Phi) is 8.80. The Morgan fingerprint density at radius 2 is 1.64 bits per heavy atom. The summed E-state index contributed by atoms with van der Waals surface area (Å²) in [6, 6.07) is 19.2. The molecule has 2 atom stereocenters. The fourth-order valence-corrected chi connectivity index (χ4v) is 3.62. The van der Waals surface area contributed by atoms with Gasteiger partial charge in [-0.15, -0.1) is 0 Å². The Labute approximate surface area is 198 Å². The van der Waals surface area contributed by atoms with E-state index < -0.39 is 12.1 Å². The first-order chi connectivity index (χ1) is 15.9. The van der Waals surface area contributed by atoms with Gasteiger partial charge in [0.15, 0.2) is 0 Å². The molecule has 0 fully saturated rings. The van der Waals surface area contributed by atoms with Crippen molar-refractivity contribution in [1.82, 2.24) is 20.9 Å². The molecule has 0 spiro atoms. The Morgan fingerprint density at radius 3 is 2.30 bits per heavy atom. The minimum atomic E-state index is -0.774. The molecule has 2 aromatic carbocycles. The highest BCUT2D eigenvalue weighted by atomic mass is 35.5. The summed E-state index contributed by atoms with van der Waals surface area (Å²) in [7, 11) is 1.73. The molecule has 0 radical (unpaired) electrons. The second-order valence-electron chi connectivity index (χ2n) is 7.74. The number of nitrogen functional groups attached to an aromatic ring is 1. The van der Waals surface area contributed by atoms with Crippen LogP contribution in [0.5, 0.6) is 0 Å². The third kappa shape index (κ3) is 7.59. The first-order valence-corrected chi connectivity index (χ1v) is 11.1. The number of amides is 2. The highest BCUT2D eigenvalue weighted by molar-refractivity contribution is 6.30. The predicted molar refractivity (Wildman–Crippen MR) is 131 cm³/mol. The Morgan fingerprint density at radius 1 is 0.909 bits per heavy atom. The molecule has 3 aromatic rings. The van der Waals surface area contributed by atoms with Crippen molar-refractivity contribution in [2.24, 2.45) is 0 Å². The lowest BCUT2D eigenvalue weighted by molar-refractivity contribution is -0.130. The lowest BCUT2D eigenvalue weighted by Crippen LogP contribution is -2.53. The highest BCUT2D eigenvalue weighted by Crippen LogP contribution is 2.13. The topological polar surface area (TPSA) is 109 Å². The molecule has 1 heterocycles. The third-order valence-corrected chi connectivity index (χ3v) is 5.46. The minimum absolute atomic E-state index is 0.252. The molecule has 0 aliphatic heterocycles. The summed E-state index contributed by atoms with van der Waals surface area (Å²) in [4.78, 5) is 30.1. The summed E-state index contributed by atoms with van der Waals surface area (Å²) in [5.41, 5.74) is 8.30. The predicted octanol–water partition coefficient (Wildman–Crippen LogP) is 2.49. The Balaban J connectivity index is 1.71. The normalized spacial score (nSPS) is 12.5. The maximum absolute atomic E-state index is 13.1. The summed E-state index contributed by atoms with van der Waals surface area (Å²) in [5, 5.41) is 9.40. The van der Waals surface area contributed by atoms with E-state index in [1.165, 1.54) is 0 Å². The minimum Gasteiger partial charge on any atom is -0.384 e. The van der Waals surface area contributed by atoms with Crippen LogP contribution in [-0.2, 0) is 29.0 Å². The number of hydrogen-bond acceptors (Lipinski definition) is 5. The van der Waals surface area contributed by atoms with E-state index in [0.717, 1.165) is 16.7 Å². The van der Waals surface area contributed by atoms with Gasteiger partial charge in [-0.05, 0) is 48.4 Å². The van der Waals surface area contributed by atoms with Crippen molar-refractivity contribution in [2.75, 3.05) is 12.8 Å². The molecule has 8 heteroatoms. The first kappa shape index (κ1) is 24.2. The van der Waals surface area contributed by atoms with Crippen molar-refractivity contribution >= 4 is 29.2 Å². The number of hydrogen-bond donors (Lipinski definition) is 4. The van der Waals surface area contributed by atoms with Crippen molar-refractivity contribution in [1.29, 1.82) is 0 Å². The largest absolute Gasteiger partial charge is 0.384 e. The number of halogens is 1. The molecule has 0 saturated heterocycles. The summed E-state index contributed by atoms with van der Waals surface area (Å²) in [6.07, 6.45) is 2.42. The van der Waals surface area contributed by atoms with Gasteiger partial charge in [0.05, 0.1) is 6.04 Å². The molecular formula is C25H28ClN5O2. The molecule has 0 bridgehead atoms. The molecule has 3 rings (SSSR count). The summed E-state index contributed by atoms with van der Waals surface area (Å²) >= 11 is 6.12. The maximum atomic E-state index is 13.1. The molecule has 0 unspecified atom stereocenters. The second kappa shape index (κ2) is 12.0. The Hall–Kier alpha value is -3.42. The van der Waals surface area contributed by atoms with E-state index >= 15 is 0 Å². The van der Waals surface area contributed by atoms with Gasteiger partial charge < -0.3 is 21.7 Å². The van der Waals surface area contributed by atoms with E-state index in [2.05, 4.69) is 20.9 Å².